The monoisotopic (exact) mass is 280 g/mol. The number of aromatic nitrogens is 1. The van der Waals surface area contributed by atoms with Crippen LogP contribution in [0.25, 0.3) is 11.1 Å². The van der Waals surface area contributed by atoms with Crippen LogP contribution in [-0.4, -0.2) is 10.9 Å². The quantitative estimate of drug-likeness (QED) is 0.786. The van der Waals surface area contributed by atoms with Crippen molar-refractivity contribution in [1.29, 1.82) is 0 Å². The summed E-state index contributed by atoms with van der Waals surface area (Å²) in [4.78, 5) is 16.7. The van der Waals surface area contributed by atoms with E-state index in [0.717, 1.165) is 16.8 Å². The lowest BCUT2D eigenvalue weighted by atomic mass is 10.1. The highest BCUT2D eigenvalue weighted by Gasteiger charge is 2.06. The molecule has 0 aliphatic heterocycles. The molecule has 0 fully saturated rings. The molecule has 1 N–H and O–H groups in total. The number of benzene rings is 1. The fourth-order valence-electron chi connectivity index (χ4n) is 1.88. The van der Waals surface area contributed by atoms with E-state index in [1.807, 2.05) is 60.1 Å². The Morgan fingerprint density at radius 3 is 2.50 bits per heavy atom. The van der Waals surface area contributed by atoms with Crippen molar-refractivity contribution in [3.8, 4) is 11.1 Å². The van der Waals surface area contributed by atoms with Crippen molar-refractivity contribution < 1.29 is 4.79 Å². The van der Waals surface area contributed by atoms with Crippen LogP contribution in [0.15, 0.2) is 66.3 Å². The number of carbonyl (C=O) groups excluding carboxylic acids is 1. The molecule has 0 atom stereocenters. The molecule has 3 rings (SSSR count). The number of rotatable bonds is 3. The molecular weight excluding hydrogens is 268 g/mol. The molecule has 2 heterocycles. The highest BCUT2D eigenvalue weighted by molar-refractivity contribution is 7.12. The van der Waals surface area contributed by atoms with Crippen LogP contribution < -0.4 is 5.32 Å². The van der Waals surface area contributed by atoms with Gasteiger partial charge in [-0.1, -0.05) is 24.3 Å². The van der Waals surface area contributed by atoms with Gasteiger partial charge in [-0.2, -0.15) is 0 Å². The summed E-state index contributed by atoms with van der Waals surface area (Å²) in [5.74, 6) is -0.0749. The van der Waals surface area contributed by atoms with Gasteiger partial charge in [0.1, 0.15) is 0 Å². The van der Waals surface area contributed by atoms with Gasteiger partial charge >= 0.3 is 0 Å². The number of thiophene rings is 1. The highest BCUT2D eigenvalue weighted by atomic mass is 32.1. The van der Waals surface area contributed by atoms with Crippen LogP contribution in [0, 0.1) is 0 Å². The first-order chi connectivity index (χ1) is 9.83. The third kappa shape index (κ3) is 2.75. The van der Waals surface area contributed by atoms with E-state index in [9.17, 15) is 4.79 Å². The maximum Gasteiger partial charge on any atom is 0.265 e. The molecule has 0 saturated heterocycles. The molecular formula is C16H12N2OS. The summed E-state index contributed by atoms with van der Waals surface area (Å²) >= 11 is 1.43. The van der Waals surface area contributed by atoms with Crippen molar-refractivity contribution in [2.75, 3.05) is 5.32 Å². The van der Waals surface area contributed by atoms with Crippen LogP contribution in [-0.2, 0) is 0 Å². The highest BCUT2D eigenvalue weighted by Crippen LogP contribution is 2.21. The number of nitrogens with one attached hydrogen (secondary N) is 1. The fraction of sp³-hybridized carbons (Fsp3) is 0. The smallest absolute Gasteiger partial charge is 0.265 e. The van der Waals surface area contributed by atoms with E-state index >= 15 is 0 Å². The topological polar surface area (TPSA) is 42.0 Å². The Morgan fingerprint density at radius 2 is 1.85 bits per heavy atom. The summed E-state index contributed by atoms with van der Waals surface area (Å²) in [7, 11) is 0. The minimum Gasteiger partial charge on any atom is -0.321 e. The van der Waals surface area contributed by atoms with E-state index in [4.69, 9.17) is 0 Å². The lowest BCUT2D eigenvalue weighted by Gasteiger charge is -2.05. The number of nitrogens with zero attached hydrogens (tertiary/aromatic N) is 1. The Morgan fingerprint density at radius 1 is 1.00 bits per heavy atom. The lowest BCUT2D eigenvalue weighted by molar-refractivity contribution is 0.103. The van der Waals surface area contributed by atoms with Crippen LogP contribution >= 0.6 is 11.3 Å². The molecule has 0 saturated carbocycles. The maximum atomic E-state index is 11.9. The van der Waals surface area contributed by atoms with Crippen LogP contribution in [0.2, 0.25) is 0 Å². The zero-order valence-corrected chi connectivity index (χ0v) is 11.4. The van der Waals surface area contributed by atoms with Crippen LogP contribution in [0.3, 0.4) is 0 Å². The molecule has 0 aliphatic rings. The van der Waals surface area contributed by atoms with Crippen LogP contribution in [0.5, 0.6) is 0 Å². The molecule has 20 heavy (non-hydrogen) atoms. The average Bonchev–Trinajstić information content (AvgIpc) is 3.03. The van der Waals surface area contributed by atoms with Crippen molar-refractivity contribution >= 4 is 22.9 Å². The molecule has 4 heteroatoms. The van der Waals surface area contributed by atoms with E-state index in [-0.39, 0.29) is 5.91 Å². The van der Waals surface area contributed by atoms with Crippen LogP contribution in [0.4, 0.5) is 5.69 Å². The molecule has 0 bridgehead atoms. The summed E-state index contributed by atoms with van der Waals surface area (Å²) in [6.45, 7) is 0. The molecule has 3 aromatic rings. The molecule has 2 aromatic heterocycles. The first-order valence-corrected chi connectivity index (χ1v) is 7.06. The second-order valence-electron chi connectivity index (χ2n) is 4.25. The van der Waals surface area contributed by atoms with Crippen molar-refractivity contribution in [2.24, 2.45) is 0 Å². The molecule has 1 aromatic carbocycles. The van der Waals surface area contributed by atoms with Gasteiger partial charge in [0.15, 0.2) is 0 Å². The van der Waals surface area contributed by atoms with Crippen molar-refractivity contribution in [1.82, 2.24) is 4.98 Å². The third-order valence-corrected chi connectivity index (χ3v) is 3.75. The van der Waals surface area contributed by atoms with Crippen molar-refractivity contribution in [3.05, 3.63) is 71.2 Å². The second kappa shape index (κ2) is 5.67. The second-order valence-corrected chi connectivity index (χ2v) is 5.20. The number of pyridine rings is 1. The van der Waals surface area contributed by atoms with Gasteiger partial charge in [-0.05, 0) is 40.8 Å². The SMILES string of the molecule is O=C(Nc1ccc(-c2cccnc2)cc1)c1cccs1. The van der Waals surface area contributed by atoms with Gasteiger partial charge in [-0.3, -0.25) is 9.78 Å². The van der Waals surface area contributed by atoms with Gasteiger partial charge in [-0.15, -0.1) is 11.3 Å². The van der Waals surface area contributed by atoms with Gasteiger partial charge in [-0.25, -0.2) is 0 Å². The van der Waals surface area contributed by atoms with E-state index < -0.39 is 0 Å². The Labute approximate surface area is 120 Å². The minimum absolute atomic E-state index is 0.0749. The largest absolute Gasteiger partial charge is 0.321 e. The lowest BCUT2D eigenvalue weighted by Crippen LogP contribution is -2.09. The standard InChI is InChI=1S/C16H12N2OS/c19-16(15-4-2-10-20-15)18-14-7-5-12(6-8-14)13-3-1-9-17-11-13/h1-11H,(H,18,19). The normalized spacial score (nSPS) is 10.2. The Bertz CT molecular complexity index is 691. The van der Waals surface area contributed by atoms with Gasteiger partial charge < -0.3 is 5.32 Å². The average molecular weight is 280 g/mol. The predicted molar refractivity (Wildman–Crippen MR) is 81.9 cm³/mol. The number of hydrogen-bond acceptors (Lipinski definition) is 3. The fourth-order valence-corrected chi connectivity index (χ4v) is 2.50. The maximum absolute atomic E-state index is 11.9. The van der Waals surface area contributed by atoms with Crippen molar-refractivity contribution in [2.45, 2.75) is 0 Å². The van der Waals surface area contributed by atoms with E-state index in [1.165, 1.54) is 11.3 Å². The van der Waals surface area contributed by atoms with Crippen molar-refractivity contribution in [3.63, 3.8) is 0 Å². The van der Waals surface area contributed by atoms with Gasteiger partial charge in [0.05, 0.1) is 4.88 Å². The summed E-state index contributed by atoms with van der Waals surface area (Å²) in [6.07, 6.45) is 3.57. The summed E-state index contributed by atoms with van der Waals surface area (Å²) in [6, 6.07) is 15.3. The molecule has 1 amide bonds. The summed E-state index contributed by atoms with van der Waals surface area (Å²) in [5, 5.41) is 4.77. The first-order valence-electron chi connectivity index (χ1n) is 6.18. The number of carbonyl (C=O) groups is 1. The molecule has 3 nitrogen and oxygen atoms in total. The number of hydrogen-bond donors (Lipinski definition) is 1. The van der Waals surface area contributed by atoms with E-state index in [2.05, 4.69) is 10.3 Å². The molecule has 0 unspecified atom stereocenters. The summed E-state index contributed by atoms with van der Waals surface area (Å²) in [5.41, 5.74) is 2.92. The molecule has 0 aliphatic carbocycles. The molecule has 98 valence electrons. The zero-order chi connectivity index (χ0) is 13.8. The Kier molecular flexibility index (Phi) is 3.56. The summed E-state index contributed by atoms with van der Waals surface area (Å²) < 4.78 is 0. The Balaban J connectivity index is 1.75. The number of anilines is 1. The molecule has 0 spiro atoms. The molecule has 0 radical (unpaired) electrons. The van der Waals surface area contributed by atoms with Gasteiger partial charge in [0.25, 0.3) is 5.91 Å². The first kappa shape index (κ1) is 12.6. The third-order valence-electron chi connectivity index (χ3n) is 2.88. The predicted octanol–water partition coefficient (Wildman–Crippen LogP) is 4.06. The Hall–Kier alpha value is -2.46. The van der Waals surface area contributed by atoms with E-state index in [1.54, 1.807) is 6.20 Å². The van der Waals surface area contributed by atoms with Gasteiger partial charge in [0.2, 0.25) is 0 Å². The van der Waals surface area contributed by atoms with Crippen LogP contribution in [0.1, 0.15) is 9.67 Å². The van der Waals surface area contributed by atoms with Gasteiger partial charge in [0, 0.05) is 18.1 Å². The minimum atomic E-state index is -0.0749. The van der Waals surface area contributed by atoms with E-state index in [0.29, 0.717) is 4.88 Å². The zero-order valence-electron chi connectivity index (χ0n) is 10.6. The number of amides is 1.